The molecule has 96 valence electrons. The molecular weight excluding hydrogens is 239 g/mol. The third-order valence-electron chi connectivity index (χ3n) is 2.83. The highest BCUT2D eigenvalue weighted by Crippen LogP contribution is 2.20. The molecule has 0 bridgehead atoms. The van der Waals surface area contributed by atoms with E-state index in [1.807, 2.05) is 0 Å². The zero-order chi connectivity index (χ0) is 13.1. The third-order valence-corrected chi connectivity index (χ3v) is 2.83. The van der Waals surface area contributed by atoms with E-state index in [-0.39, 0.29) is 30.9 Å². The van der Waals surface area contributed by atoms with Gasteiger partial charge in [0.15, 0.2) is 0 Å². The Morgan fingerprint density at radius 1 is 1.56 bits per heavy atom. The van der Waals surface area contributed by atoms with Crippen LogP contribution in [0.25, 0.3) is 0 Å². The number of nitrogens with zero attached hydrogens (tertiary/aromatic N) is 1. The number of hydrogen-bond acceptors (Lipinski definition) is 2. The van der Waals surface area contributed by atoms with Crippen LogP contribution in [0.1, 0.15) is 18.0 Å². The molecule has 1 aromatic rings. The molecular formula is C12H13FN2O3. The maximum atomic E-state index is 13.1. The van der Waals surface area contributed by atoms with Crippen molar-refractivity contribution in [2.75, 3.05) is 13.1 Å². The molecule has 1 unspecified atom stereocenters. The molecule has 1 saturated heterocycles. The molecule has 2 N–H and O–H groups in total. The van der Waals surface area contributed by atoms with Gasteiger partial charge in [-0.1, -0.05) is 12.1 Å². The van der Waals surface area contributed by atoms with E-state index in [1.165, 1.54) is 17.0 Å². The number of benzene rings is 1. The average Bonchev–Trinajstić information content (AvgIpc) is 2.68. The summed E-state index contributed by atoms with van der Waals surface area (Å²) in [4.78, 5) is 23.5. The van der Waals surface area contributed by atoms with Crippen LogP contribution in [0.2, 0.25) is 0 Å². The number of carbonyl (C=O) groups is 2. The molecule has 1 aromatic carbocycles. The summed E-state index contributed by atoms with van der Waals surface area (Å²) in [5.74, 6) is -1.30. The Morgan fingerprint density at radius 3 is 3.00 bits per heavy atom. The molecule has 1 aliphatic heterocycles. The van der Waals surface area contributed by atoms with Gasteiger partial charge in [-0.25, -0.2) is 9.18 Å². The largest absolute Gasteiger partial charge is 0.481 e. The van der Waals surface area contributed by atoms with Gasteiger partial charge < -0.3 is 15.3 Å². The highest BCUT2D eigenvalue weighted by atomic mass is 19.1. The van der Waals surface area contributed by atoms with Crippen molar-refractivity contribution in [3.8, 4) is 0 Å². The van der Waals surface area contributed by atoms with Gasteiger partial charge >= 0.3 is 12.0 Å². The minimum Gasteiger partial charge on any atom is -0.481 e. The molecule has 1 fully saturated rings. The summed E-state index contributed by atoms with van der Waals surface area (Å²) < 4.78 is 13.1. The second-order valence-electron chi connectivity index (χ2n) is 4.15. The van der Waals surface area contributed by atoms with Crippen LogP contribution in [0, 0.1) is 5.82 Å². The number of carbonyl (C=O) groups excluding carboxylic acids is 1. The van der Waals surface area contributed by atoms with E-state index >= 15 is 0 Å². The van der Waals surface area contributed by atoms with Crippen molar-refractivity contribution in [1.82, 2.24) is 10.2 Å². The SMILES string of the molecule is O=C(O)CCN1CC(c2cccc(F)c2)NC1=O. The Hall–Kier alpha value is -2.11. The number of nitrogens with one attached hydrogen (secondary N) is 1. The number of urea groups is 1. The van der Waals surface area contributed by atoms with Crippen molar-refractivity contribution in [2.24, 2.45) is 0 Å². The van der Waals surface area contributed by atoms with Gasteiger partial charge in [0.2, 0.25) is 0 Å². The van der Waals surface area contributed by atoms with E-state index in [4.69, 9.17) is 5.11 Å². The molecule has 1 heterocycles. The topological polar surface area (TPSA) is 69.6 Å². The average molecular weight is 252 g/mol. The fourth-order valence-electron chi connectivity index (χ4n) is 1.92. The lowest BCUT2D eigenvalue weighted by Gasteiger charge is -2.13. The molecule has 0 aliphatic carbocycles. The normalized spacial score (nSPS) is 18.8. The van der Waals surface area contributed by atoms with Crippen LogP contribution in [-0.2, 0) is 4.79 Å². The summed E-state index contributed by atoms with van der Waals surface area (Å²) in [7, 11) is 0. The Labute approximate surface area is 103 Å². The van der Waals surface area contributed by atoms with Crippen molar-refractivity contribution in [3.63, 3.8) is 0 Å². The van der Waals surface area contributed by atoms with Crippen molar-refractivity contribution in [1.29, 1.82) is 0 Å². The molecule has 0 radical (unpaired) electrons. The Morgan fingerprint density at radius 2 is 2.33 bits per heavy atom. The van der Waals surface area contributed by atoms with Crippen LogP contribution in [-0.4, -0.2) is 35.1 Å². The van der Waals surface area contributed by atoms with E-state index in [1.54, 1.807) is 12.1 Å². The first kappa shape index (κ1) is 12.3. The molecule has 0 saturated carbocycles. The van der Waals surface area contributed by atoms with Gasteiger partial charge in [-0.2, -0.15) is 0 Å². The van der Waals surface area contributed by atoms with Crippen molar-refractivity contribution in [2.45, 2.75) is 12.5 Å². The highest BCUT2D eigenvalue weighted by Gasteiger charge is 2.29. The molecule has 1 atom stereocenters. The predicted molar refractivity (Wildman–Crippen MR) is 61.5 cm³/mol. The van der Waals surface area contributed by atoms with Crippen LogP contribution in [0.15, 0.2) is 24.3 Å². The van der Waals surface area contributed by atoms with Gasteiger partial charge in [0.25, 0.3) is 0 Å². The first-order valence-electron chi connectivity index (χ1n) is 5.59. The standard InChI is InChI=1S/C12H13FN2O3/c13-9-3-1-2-8(6-9)10-7-15(12(18)14-10)5-4-11(16)17/h1-3,6,10H,4-5,7H2,(H,14,18)(H,16,17). The third kappa shape index (κ3) is 2.77. The summed E-state index contributed by atoms with van der Waals surface area (Å²) in [6.07, 6.45) is -0.0940. The fraction of sp³-hybridized carbons (Fsp3) is 0.333. The molecule has 1 aliphatic rings. The summed E-state index contributed by atoms with van der Waals surface area (Å²) in [5.41, 5.74) is 0.682. The quantitative estimate of drug-likeness (QED) is 0.850. The van der Waals surface area contributed by atoms with E-state index < -0.39 is 5.97 Å². The predicted octanol–water partition coefficient (Wildman–Crippen LogP) is 1.37. The smallest absolute Gasteiger partial charge is 0.318 e. The second kappa shape index (κ2) is 5.03. The Balaban J connectivity index is 2.02. The Kier molecular flexibility index (Phi) is 3.45. The minimum atomic E-state index is -0.947. The number of halogens is 1. The first-order valence-corrected chi connectivity index (χ1v) is 5.59. The summed E-state index contributed by atoms with van der Waals surface area (Å²) in [6.45, 7) is 0.516. The number of aliphatic carboxylic acids is 1. The molecule has 6 heteroatoms. The van der Waals surface area contributed by atoms with E-state index in [2.05, 4.69) is 5.32 Å². The van der Waals surface area contributed by atoms with Crippen LogP contribution in [0.4, 0.5) is 9.18 Å². The van der Waals surface area contributed by atoms with E-state index in [0.29, 0.717) is 12.1 Å². The van der Waals surface area contributed by atoms with Gasteiger partial charge in [0.05, 0.1) is 12.5 Å². The van der Waals surface area contributed by atoms with Gasteiger partial charge in [0.1, 0.15) is 5.82 Å². The molecule has 2 amide bonds. The van der Waals surface area contributed by atoms with Crippen LogP contribution >= 0.6 is 0 Å². The van der Waals surface area contributed by atoms with Crippen molar-refractivity contribution in [3.05, 3.63) is 35.6 Å². The lowest BCUT2D eigenvalue weighted by Crippen LogP contribution is -2.30. The fourth-order valence-corrected chi connectivity index (χ4v) is 1.92. The summed E-state index contributed by atoms with van der Waals surface area (Å²) in [6, 6.07) is 5.41. The van der Waals surface area contributed by atoms with E-state index in [9.17, 15) is 14.0 Å². The van der Waals surface area contributed by atoms with Gasteiger partial charge in [0, 0.05) is 13.1 Å². The molecule has 18 heavy (non-hydrogen) atoms. The lowest BCUT2D eigenvalue weighted by molar-refractivity contribution is -0.137. The van der Waals surface area contributed by atoms with Crippen molar-refractivity contribution >= 4 is 12.0 Å². The van der Waals surface area contributed by atoms with Gasteiger partial charge in [-0.15, -0.1) is 0 Å². The highest BCUT2D eigenvalue weighted by molar-refractivity contribution is 5.78. The number of carboxylic acids is 1. The van der Waals surface area contributed by atoms with Crippen LogP contribution in [0.5, 0.6) is 0 Å². The molecule has 2 rings (SSSR count). The van der Waals surface area contributed by atoms with Crippen LogP contribution in [0.3, 0.4) is 0 Å². The number of amides is 2. The Bertz CT molecular complexity index is 478. The lowest BCUT2D eigenvalue weighted by atomic mass is 10.1. The maximum absolute atomic E-state index is 13.1. The number of hydrogen-bond donors (Lipinski definition) is 2. The number of rotatable bonds is 4. The summed E-state index contributed by atoms with van der Waals surface area (Å²) >= 11 is 0. The molecule has 5 nitrogen and oxygen atoms in total. The van der Waals surface area contributed by atoms with Gasteiger partial charge in [-0.3, -0.25) is 4.79 Å². The zero-order valence-electron chi connectivity index (χ0n) is 9.60. The molecule has 0 aromatic heterocycles. The monoisotopic (exact) mass is 252 g/mol. The summed E-state index contributed by atoms with van der Waals surface area (Å²) in [5, 5.41) is 11.3. The van der Waals surface area contributed by atoms with E-state index in [0.717, 1.165) is 0 Å². The van der Waals surface area contributed by atoms with Gasteiger partial charge in [-0.05, 0) is 17.7 Å². The first-order chi connectivity index (χ1) is 8.56. The second-order valence-corrected chi connectivity index (χ2v) is 4.15. The van der Waals surface area contributed by atoms with Crippen LogP contribution < -0.4 is 5.32 Å². The maximum Gasteiger partial charge on any atom is 0.318 e. The minimum absolute atomic E-state index is 0.0940. The van der Waals surface area contributed by atoms with Crippen molar-refractivity contribution < 1.29 is 19.1 Å². The number of carboxylic acid groups (broad SMARTS) is 1. The zero-order valence-corrected chi connectivity index (χ0v) is 9.60. The molecule has 0 spiro atoms.